The molecule has 0 fully saturated rings. The lowest BCUT2D eigenvalue weighted by Crippen LogP contribution is -1.92. The Bertz CT molecular complexity index is 2900. The Balaban J connectivity index is 1.28. The average molecular weight is 631 g/mol. The molecule has 0 atom stereocenters. The number of nitrogens with zero attached hydrogens (tertiary/aromatic N) is 2. The van der Waals surface area contributed by atoms with Crippen molar-refractivity contribution in [2.75, 3.05) is 0 Å². The van der Waals surface area contributed by atoms with Crippen LogP contribution < -0.4 is 0 Å². The first-order valence-electron chi connectivity index (χ1n) is 17.2. The minimum atomic E-state index is 1.17. The number of pyridine rings is 2. The first-order valence-corrected chi connectivity index (χ1v) is 17.2. The molecule has 2 aliphatic carbocycles. The molecule has 2 heteroatoms. The van der Waals surface area contributed by atoms with Gasteiger partial charge in [-0.3, -0.25) is 9.97 Å². The smallest absolute Gasteiger partial charge is 0.0273 e. The zero-order valence-electron chi connectivity index (χ0n) is 26.9. The molecule has 50 heavy (non-hydrogen) atoms. The molecule has 0 unspecified atom stereocenters. The highest BCUT2D eigenvalue weighted by Gasteiger charge is 2.26. The van der Waals surface area contributed by atoms with Crippen molar-refractivity contribution in [1.29, 1.82) is 0 Å². The van der Waals surface area contributed by atoms with Crippen LogP contribution in [0.4, 0.5) is 0 Å². The summed E-state index contributed by atoms with van der Waals surface area (Å²) in [6, 6.07) is 50.1. The SMILES string of the molecule is c1cc2c3c(cccc3c1)-c1cc3c(cc1-2)c(-c1ccncc1)cc1c2cc4c(cc2c(-c2ccncc2)cc31)-c1cccc2cccc-4c12. The van der Waals surface area contributed by atoms with E-state index < -0.39 is 0 Å². The van der Waals surface area contributed by atoms with Gasteiger partial charge in [-0.1, -0.05) is 72.8 Å². The third-order valence-electron chi connectivity index (χ3n) is 11.3. The van der Waals surface area contributed by atoms with E-state index in [4.69, 9.17) is 0 Å². The maximum absolute atomic E-state index is 4.39. The summed E-state index contributed by atoms with van der Waals surface area (Å²) < 4.78 is 0. The van der Waals surface area contributed by atoms with Crippen molar-refractivity contribution in [2.24, 2.45) is 0 Å². The molecule has 2 heterocycles. The second-order valence-electron chi connectivity index (χ2n) is 13.7. The second kappa shape index (κ2) is 9.49. The standard InChI is InChI=1S/C48H26N2/c1-5-29-7-3-11-33-39-25-45-41(23-37(39)31(9-1)47(29)33)35(27-13-17-49-18-14-27)21-44-43(45)22-36(28-15-19-50-20-16-28)42-24-38-32-10-2-6-30-8-4-12-34(48(30)32)40(38)26-46(42)44/h1-26H. The van der Waals surface area contributed by atoms with Crippen molar-refractivity contribution in [3.63, 3.8) is 0 Å². The van der Waals surface area contributed by atoms with Gasteiger partial charge < -0.3 is 0 Å². The van der Waals surface area contributed by atoms with Crippen LogP contribution in [0, 0.1) is 0 Å². The highest BCUT2D eigenvalue weighted by molar-refractivity contribution is 6.29. The van der Waals surface area contributed by atoms with E-state index in [1.165, 1.54) is 121 Å². The van der Waals surface area contributed by atoms with Crippen molar-refractivity contribution in [3.05, 3.63) is 158 Å². The summed E-state index contributed by atoms with van der Waals surface area (Å²) in [6.45, 7) is 0. The quantitative estimate of drug-likeness (QED) is 0.178. The fourth-order valence-corrected chi connectivity index (χ4v) is 9.15. The van der Waals surface area contributed by atoms with Gasteiger partial charge in [0.15, 0.2) is 0 Å². The first-order chi connectivity index (χ1) is 24.8. The van der Waals surface area contributed by atoms with Crippen LogP contribution in [0.5, 0.6) is 0 Å². The highest BCUT2D eigenvalue weighted by atomic mass is 14.6. The number of hydrogen-bond donors (Lipinski definition) is 0. The van der Waals surface area contributed by atoms with Crippen LogP contribution in [-0.2, 0) is 0 Å². The van der Waals surface area contributed by atoms with Crippen molar-refractivity contribution < 1.29 is 0 Å². The summed E-state index contributed by atoms with van der Waals surface area (Å²) in [5, 5.41) is 12.8. The lowest BCUT2D eigenvalue weighted by atomic mass is 9.85. The van der Waals surface area contributed by atoms with Crippen LogP contribution in [-0.4, -0.2) is 9.97 Å². The normalized spacial score (nSPS) is 12.4. The van der Waals surface area contributed by atoms with Gasteiger partial charge in [0.25, 0.3) is 0 Å². The van der Waals surface area contributed by atoms with E-state index in [0.29, 0.717) is 0 Å². The summed E-state index contributed by atoms with van der Waals surface area (Å²) in [5.41, 5.74) is 15.3. The Morgan fingerprint density at radius 3 is 0.920 bits per heavy atom. The van der Waals surface area contributed by atoms with Gasteiger partial charge in [0.1, 0.15) is 0 Å². The van der Waals surface area contributed by atoms with Gasteiger partial charge in [0, 0.05) is 24.8 Å². The maximum Gasteiger partial charge on any atom is 0.0273 e. The maximum atomic E-state index is 4.39. The van der Waals surface area contributed by atoms with Gasteiger partial charge >= 0.3 is 0 Å². The first kappa shape index (κ1) is 26.3. The molecule has 0 radical (unpaired) electrons. The molecule has 12 rings (SSSR count). The molecule has 2 aromatic heterocycles. The van der Waals surface area contributed by atoms with Gasteiger partial charge in [-0.25, -0.2) is 0 Å². The molecule has 0 spiro atoms. The third kappa shape index (κ3) is 3.37. The van der Waals surface area contributed by atoms with E-state index in [1.807, 2.05) is 24.8 Å². The molecule has 0 amide bonds. The highest BCUT2D eigenvalue weighted by Crippen LogP contribution is 2.53. The monoisotopic (exact) mass is 630 g/mol. The molecule has 0 N–H and O–H groups in total. The Hall–Kier alpha value is -6.64. The molecule has 0 saturated carbocycles. The summed E-state index contributed by atoms with van der Waals surface area (Å²) in [6.07, 6.45) is 7.63. The van der Waals surface area contributed by atoms with Gasteiger partial charge in [-0.05, 0) is 181 Å². The summed E-state index contributed by atoms with van der Waals surface area (Å²) in [7, 11) is 0. The minimum Gasteiger partial charge on any atom is -0.265 e. The molecular formula is C48H26N2. The molecule has 0 bridgehead atoms. The van der Waals surface area contributed by atoms with E-state index >= 15 is 0 Å². The lowest BCUT2D eigenvalue weighted by Gasteiger charge is -2.18. The number of benzene rings is 8. The Labute approximate surface area is 287 Å². The molecule has 8 aromatic carbocycles. The molecule has 2 aliphatic rings. The number of hydrogen-bond acceptors (Lipinski definition) is 2. The largest absolute Gasteiger partial charge is 0.265 e. The summed E-state index contributed by atoms with van der Waals surface area (Å²) in [4.78, 5) is 8.78. The van der Waals surface area contributed by atoms with E-state index in [0.717, 1.165) is 0 Å². The molecule has 10 aromatic rings. The molecule has 0 saturated heterocycles. The zero-order valence-corrected chi connectivity index (χ0v) is 26.9. The topological polar surface area (TPSA) is 25.8 Å². The van der Waals surface area contributed by atoms with Crippen LogP contribution in [0.2, 0.25) is 0 Å². The number of aromatic nitrogens is 2. The predicted molar refractivity (Wildman–Crippen MR) is 209 cm³/mol. The van der Waals surface area contributed by atoms with Crippen molar-refractivity contribution in [2.45, 2.75) is 0 Å². The van der Waals surface area contributed by atoms with Crippen LogP contribution in [0.1, 0.15) is 0 Å². The number of rotatable bonds is 2. The van der Waals surface area contributed by atoms with Crippen molar-refractivity contribution in [3.8, 4) is 66.8 Å². The third-order valence-corrected chi connectivity index (χ3v) is 11.3. The fourth-order valence-electron chi connectivity index (χ4n) is 9.15. The lowest BCUT2D eigenvalue weighted by molar-refractivity contribution is 1.33. The minimum absolute atomic E-state index is 1.17. The van der Waals surface area contributed by atoms with Crippen LogP contribution in [0.3, 0.4) is 0 Å². The summed E-state index contributed by atoms with van der Waals surface area (Å²) in [5.74, 6) is 0. The fraction of sp³-hybridized carbons (Fsp3) is 0. The second-order valence-corrected chi connectivity index (χ2v) is 13.7. The summed E-state index contributed by atoms with van der Waals surface area (Å²) >= 11 is 0. The molecule has 2 nitrogen and oxygen atoms in total. The number of fused-ring (bicyclic) bond motifs is 11. The van der Waals surface area contributed by atoms with Gasteiger partial charge in [-0.2, -0.15) is 0 Å². The van der Waals surface area contributed by atoms with E-state index in [-0.39, 0.29) is 0 Å². The Morgan fingerprint density at radius 2 is 0.560 bits per heavy atom. The Kier molecular flexibility index (Phi) is 5.00. The molecular weight excluding hydrogens is 605 g/mol. The molecule has 228 valence electrons. The van der Waals surface area contributed by atoms with Gasteiger partial charge in [-0.15, -0.1) is 0 Å². The van der Waals surface area contributed by atoms with Crippen LogP contribution >= 0.6 is 0 Å². The average Bonchev–Trinajstić information content (AvgIpc) is 3.67. The van der Waals surface area contributed by atoms with Gasteiger partial charge in [0.05, 0.1) is 0 Å². The van der Waals surface area contributed by atoms with Crippen LogP contribution in [0.15, 0.2) is 158 Å². The van der Waals surface area contributed by atoms with Crippen molar-refractivity contribution in [1.82, 2.24) is 9.97 Å². The Morgan fingerprint density at radius 1 is 0.260 bits per heavy atom. The van der Waals surface area contributed by atoms with E-state index in [2.05, 4.69) is 143 Å². The van der Waals surface area contributed by atoms with E-state index in [9.17, 15) is 0 Å². The zero-order chi connectivity index (χ0) is 32.5. The predicted octanol–water partition coefficient (Wildman–Crippen LogP) is 12.9. The molecule has 0 aliphatic heterocycles. The van der Waals surface area contributed by atoms with Gasteiger partial charge in [0.2, 0.25) is 0 Å². The van der Waals surface area contributed by atoms with Crippen LogP contribution in [0.25, 0.3) is 121 Å². The van der Waals surface area contributed by atoms with E-state index in [1.54, 1.807) is 0 Å². The van der Waals surface area contributed by atoms with Crippen molar-refractivity contribution >= 4 is 53.9 Å².